The van der Waals surface area contributed by atoms with Crippen LogP contribution in [0.5, 0.6) is 0 Å². The van der Waals surface area contributed by atoms with Gasteiger partial charge in [-0.05, 0) is 31.2 Å². The van der Waals surface area contributed by atoms with E-state index in [0.29, 0.717) is 6.16 Å². The molecule has 1 atom stereocenters. The third-order valence-electron chi connectivity index (χ3n) is 2.90. The van der Waals surface area contributed by atoms with E-state index in [0.717, 1.165) is 10.6 Å². The minimum atomic E-state index is -2.48. The van der Waals surface area contributed by atoms with E-state index in [1.807, 2.05) is 60.7 Å². The van der Waals surface area contributed by atoms with Gasteiger partial charge in [-0.3, -0.25) is 0 Å². The predicted molar refractivity (Wildman–Crippen MR) is 77.6 cm³/mol. The van der Waals surface area contributed by atoms with Crippen LogP contribution in [0.1, 0.15) is 6.92 Å². The third kappa shape index (κ3) is 4.10. The van der Waals surface area contributed by atoms with E-state index in [9.17, 15) is 9.67 Å². The Morgan fingerprint density at radius 2 is 1.32 bits per heavy atom. The first kappa shape index (κ1) is 16.8. The zero-order valence-electron chi connectivity index (χ0n) is 11.0. The molecule has 0 bridgehead atoms. The molecule has 0 saturated carbocycles. The standard InChI is InChI=1S/C15H17O2P.Y/c1-13(16)12-18(17,14-8-4-2-5-9-14)15-10-6-3-7-11-15;/h2-11,13,16H,12H2,1H3;/p+1. The summed E-state index contributed by atoms with van der Waals surface area (Å²) in [7, 11) is -2.48. The number of aliphatic hydroxyl groups is 1. The molecule has 1 radical (unpaired) electrons. The maximum atomic E-state index is 11.1. The summed E-state index contributed by atoms with van der Waals surface area (Å²) in [5.41, 5.74) is 0. The summed E-state index contributed by atoms with van der Waals surface area (Å²) >= 11 is 0. The quantitative estimate of drug-likeness (QED) is 0.667. The fourth-order valence-electron chi connectivity index (χ4n) is 2.09. The van der Waals surface area contributed by atoms with Gasteiger partial charge in [-0.1, -0.05) is 36.4 Å². The van der Waals surface area contributed by atoms with Crippen molar-refractivity contribution in [3.05, 3.63) is 60.7 Å². The van der Waals surface area contributed by atoms with E-state index in [2.05, 4.69) is 0 Å². The van der Waals surface area contributed by atoms with Gasteiger partial charge in [-0.15, -0.1) is 0 Å². The average molecular weight is 350 g/mol. The maximum Gasteiger partial charge on any atom is 0.288 e. The summed E-state index contributed by atoms with van der Waals surface area (Å²) in [5.74, 6) is 0. The summed E-state index contributed by atoms with van der Waals surface area (Å²) in [5, 5.41) is 11.5. The monoisotopic (exact) mass is 350 g/mol. The largest absolute Gasteiger partial charge is 0.393 e. The maximum absolute atomic E-state index is 11.1. The summed E-state index contributed by atoms with van der Waals surface area (Å²) in [6, 6.07) is 19.3. The van der Waals surface area contributed by atoms with Gasteiger partial charge < -0.3 is 9.67 Å². The molecule has 1 unspecified atom stereocenters. The van der Waals surface area contributed by atoms with Gasteiger partial charge >= 0.3 is 0 Å². The van der Waals surface area contributed by atoms with Gasteiger partial charge in [-0.2, -0.15) is 0 Å². The van der Waals surface area contributed by atoms with Crippen molar-refractivity contribution in [2.75, 3.05) is 6.16 Å². The molecule has 0 aromatic heterocycles. The smallest absolute Gasteiger partial charge is 0.288 e. The molecule has 0 aliphatic heterocycles. The second-order valence-corrected chi connectivity index (χ2v) is 7.41. The molecule has 2 aromatic rings. The molecule has 2 rings (SSSR count). The van der Waals surface area contributed by atoms with Crippen molar-refractivity contribution in [2.45, 2.75) is 13.0 Å². The van der Waals surface area contributed by atoms with E-state index < -0.39 is 13.2 Å². The van der Waals surface area contributed by atoms with Crippen LogP contribution in [0, 0.1) is 0 Å². The minimum absolute atomic E-state index is 0. The molecule has 0 amide bonds. The molecule has 2 aromatic carbocycles. The number of benzene rings is 2. The number of rotatable bonds is 4. The molecular weight excluding hydrogens is 332 g/mol. The molecule has 97 valence electrons. The van der Waals surface area contributed by atoms with Crippen LogP contribution in [0.4, 0.5) is 0 Å². The Morgan fingerprint density at radius 1 is 0.947 bits per heavy atom. The van der Waals surface area contributed by atoms with Crippen LogP contribution in [0.2, 0.25) is 0 Å². The molecule has 0 spiro atoms. The van der Waals surface area contributed by atoms with E-state index in [1.165, 1.54) is 0 Å². The van der Waals surface area contributed by atoms with E-state index in [4.69, 9.17) is 0 Å². The van der Waals surface area contributed by atoms with Crippen LogP contribution in [0.3, 0.4) is 0 Å². The van der Waals surface area contributed by atoms with Crippen molar-refractivity contribution in [1.29, 1.82) is 0 Å². The van der Waals surface area contributed by atoms with Crippen LogP contribution in [-0.2, 0) is 32.7 Å². The summed E-state index contributed by atoms with van der Waals surface area (Å²) in [6.45, 7) is 1.72. The van der Waals surface area contributed by atoms with Crippen molar-refractivity contribution in [3.63, 3.8) is 0 Å². The van der Waals surface area contributed by atoms with Crippen LogP contribution < -0.4 is 10.6 Å². The van der Waals surface area contributed by atoms with Crippen molar-refractivity contribution < 1.29 is 42.4 Å². The second-order valence-electron chi connectivity index (χ2n) is 4.47. The Balaban J connectivity index is 0.00000180. The van der Waals surface area contributed by atoms with Crippen molar-refractivity contribution in [3.8, 4) is 0 Å². The molecule has 0 aliphatic rings. The first-order valence-electron chi connectivity index (χ1n) is 6.03. The Bertz CT molecular complexity index is 497. The van der Waals surface area contributed by atoms with Gasteiger partial charge in [0.1, 0.15) is 0 Å². The topological polar surface area (TPSA) is 41.6 Å². The van der Waals surface area contributed by atoms with Crippen molar-refractivity contribution >= 4 is 17.8 Å². The molecular formula is C15H18O2PY+. The molecule has 0 saturated heterocycles. The normalized spacial score (nSPS) is 12.5. The first-order valence-corrected chi connectivity index (χ1v) is 7.96. The summed E-state index contributed by atoms with van der Waals surface area (Å²) < 4.78 is 11.1. The van der Waals surface area contributed by atoms with Gasteiger partial charge in [0, 0.05) is 32.7 Å². The molecule has 2 nitrogen and oxygen atoms in total. The minimum Gasteiger partial charge on any atom is -0.393 e. The van der Waals surface area contributed by atoms with Gasteiger partial charge in [0.15, 0.2) is 0 Å². The Labute approximate surface area is 139 Å². The average Bonchev–Trinajstić information content (AvgIpc) is 2.40. The van der Waals surface area contributed by atoms with Crippen molar-refractivity contribution in [2.24, 2.45) is 0 Å². The summed E-state index contributed by atoms with van der Waals surface area (Å²) in [6.07, 6.45) is -0.134. The fraction of sp³-hybridized carbons (Fsp3) is 0.200. The third-order valence-corrected chi connectivity index (χ3v) is 6.26. The predicted octanol–water partition coefficient (Wildman–Crippen LogP) is 2.32. The zero-order valence-corrected chi connectivity index (χ0v) is 14.7. The van der Waals surface area contributed by atoms with Gasteiger partial charge in [-0.25, -0.2) is 0 Å². The Morgan fingerprint density at radius 3 is 1.63 bits per heavy atom. The number of hydrogen-bond acceptors (Lipinski definition) is 1. The fourth-order valence-corrected chi connectivity index (χ4v) is 4.91. The van der Waals surface area contributed by atoms with Crippen LogP contribution in [-0.4, -0.2) is 21.9 Å². The van der Waals surface area contributed by atoms with Crippen LogP contribution >= 0.6 is 7.14 Å². The number of aliphatic hydroxyl groups excluding tert-OH is 1. The summed E-state index contributed by atoms with van der Waals surface area (Å²) in [4.78, 5) is 0. The van der Waals surface area contributed by atoms with E-state index >= 15 is 0 Å². The molecule has 0 fully saturated rings. The zero-order chi connectivity index (χ0) is 13.0. The van der Waals surface area contributed by atoms with Gasteiger partial charge in [0.2, 0.25) is 0 Å². The van der Waals surface area contributed by atoms with Crippen LogP contribution in [0.15, 0.2) is 60.7 Å². The van der Waals surface area contributed by atoms with E-state index in [-0.39, 0.29) is 32.7 Å². The number of hydrogen-bond donors (Lipinski definition) is 1. The van der Waals surface area contributed by atoms with Crippen molar-refractivity contribution in [1.82, 2.24) is 0 Å². The second kappa shape index (κ2) is 7.50. The van der Waals surface area contributed by atoms with E-state index in [1.54, 1.807) is 6.92 Å². The Kier molecular flexibility index (Phi) is 6.63. The Hall–Kier alpha value is -0.266. The van der Waals surface area contributed by atoms with Crippen LogP contribution in [0.25, 0.3) is 0 Å². The SMILES string of the molecule is CC(O)CP(=[OH+])(c1ccccc1)c1ccccc1.[Y]. The first-order chi connectivity index (χ1) is 8.63. The van der Waals surface area contributed by atoms with Gasteiger partial charge in [0.25, 0.3) is 7.14 Å². The molecule has 0 aliphatic carbocycles. The molecule has 4 heteroatoms. The molecule has 19 heavy (non-hydrogen) atoms. The van der Waals surface area contributed by atoms with Gasteiger partial charge in [0.05, 0.1) is 22.9 Å². The molecule has 0 heterocycles. The molecule has 2 N–H and O–H groups in total.